The van der Waals surface area contributed by atoms with Gasteiger partial charge in [-0.05, 0) is 11.8 Å². The molecule has 2 rings (SSSR count). The third-order valence-corrected chi connectivity index (χ3v) is 3.04. The maximum atomic E-state index is 11.9. The van der Waals surface area contributed by atoms with E-state index in [0.29, 0.717) is 11.7 Å². The van der Waals surface area contributed by atoms with E-state index in [4.69, 9.17) is 5.73 Å². The van der Waals surface area contributed by atoms with Crippen molar-refractivity contribution in [3.05, 3.63) is 52.3 Å². The van der Waals surface area contributed by atoms with Crippen LogP contribution in [0.3, 0.4) is 0 Å². The Hall–Kier alpha value is -1.75. The van der Waals surface area contributed by atoms with Crippen molar-refractivity contribution in [1.29, 1.82) is 0 Å². The number of hydrogen-bond acceptors (Lipinski definition) is 4. The normalized spacial score (nSPS) is 10.4. The van der Waals surface area contributed by atoms with Crippen molar-refractivity contribution in [2.45, 2.75) is 11.7 Å². The third kappa shape index (κ3) is 2.68. The summed E-state index contributed by atoms with van der Waals surface area (Å²) >= 11 is 1.41. The van der Waals surface area contributed by atoms with Crippen LogP contribution in [-0.4, -0.2) is 15.8 Å². The average molecular weight is 247 g/mol. The molecule has 1 heterocycles. The van der Waals surface area contributed by atoms with Crippen LogP contribution in [-0.2, 0) is 6.54 Å². The van der Waals surface area contributed by atoms with Crippen LogP contribution in [0.15, 0.2) is 46.3 Å². The zero-order valence-corrected chi connectivity index (χ0v) is 10.3. The van der Waals surface area contributed by atoms with Gasteiger partial charge in [-0.15, -0.1) is 0 Å². The van der Waals surface area contributed by atoms with Gasteiger partial charge in [-0.25, -0.2) is 4.98 Å². The molecular weight excluding hydrogens is 234 g/mol. The molecule has 2 aromatic rings. The molecule has 0 spiro atoms. The molecule has 88 valence electrons. The van der Waals surface area contributed by atoms with Gasteiger partial charge in [-0.3, -0.25) is 9.36 Å². The molecule has 0 radical (unpaired) electrons. The summed E-state index contributed by atoms with van der Waals surface area (Å²) in [5, 5.41) is 0.638. The van der Waals surface area contributed by atoms with Crippen LogP contribution < -0.4 is 11.3 Å². The predicted molar refractivity (Wildman–Crippen MR) is 70.2 cm³/mol. The number of nitrogens with two attached hydrogens (primary N) is 1. The maximum absolute atomic E-state index is 11.9. The first-order chi connectivity index (χ1) is 8.20. The van der Waals surface area contributed by atoms with Crippen LogP contribution in [0.2, 0.25) is 0 Å². The molecule has 0 aliphatic rings. The van der Waals surface area contributed by atoms with Crippen LogP contribution in [0.25, 0.3) is 0 Å². The number of aromatic nitrogens is 2. The highest BCUT2D eigenvalue weighted by Gasteiger charge is 2.06. The van der Waals surface area contributed by atoms with Crippen LogP contribution in [0.5, 0.6) is 0 Å². The molecule has 0 amide bonds. The van der Waals surface area contributed by atoms with Crippen molar-refractivity contribution < 1.29 is 0 Å². The molecule has 0 saturated carbocycles. The Kier molecular flexibility index (Phi) is 3.49. The Labute approximate surface area is 103 Å². The summed E-state index contributed by atoms with van der Waals surface area (Å²) < 4.78 is 1.62. The highest BCUT2D eigenvalue weighted by Crippen LogP contribution is 2.12. The topological polar surface area (TPSA) is 60.9 Å². The van der Waals surface area contributed by atoms with E-state index in [-0.39, 0.29) is 11.4 Å². The Morgan fingerprint density at radius 1 is 1.35 bits per heavy atom. The second kappa shape index (κ2) is 5.05. The standard InChI is InChI=1S/C12H13N3OS/c1-17-12-14-10(13)7-11(16)15(12)8-9-5-3-2-4-6-9/h2-7H,8,13H2,1H3. The summed E-state index contributed by atoms with van der Waals surface area (Å²) in [6.45, 7) is 0.517. The molecule has 2 N–H and O–H groups in total. The molecule has 1 aromatic heterocycles. The summed E-state index contributed by atoms with van der Waals surface area (Å²) in [4.78, 5) is 16.0. The minimum Gasteiger partial charge on any atom is -0.383 e. The number of nitrogen functional groups attached to an aromatic ring is 1. The molecule has 0 fully saturated rings. The molecule has 1 aromatic carbocycles. The first-order valence-electron chi connectivity index (χ1n) is 5.16. The minimum absolute atomic E-state index is 0.120. The zero-order chi connectivity index (χ0) is 12.3. The molecular formula is C12H13N3OS. The van der Waals surface area contributed by atoms with E-state index < -0.39 is 0 Å². The minimum atomic E-state index is -0.120. The fourth-order valence-electron chi connectivity index (χ4n) is 1.57. The van der Waals surface area contributed by atoms with E-state index in [1.54, 1.807) is 4.57 Å². The Morgan fingerprint density at radius 2 is 2.06 bits per heavy atom. The number of anilines is 1. The Bertz CT molecular complexity index is 566. The van der Waals surface area contributed by atoms with Gasteiger partial charge in [0.15, 0.2) is 5.16 Å². The lowest BCUT2D eigenvalue weighted by atomic mass is 10.2. The monoisotopic (exact) mass is 247 g/mol. The van der Waals surface area contributed by atoms with Gasteiger partial charge in [0.2, 0.25) is 0 Å². The first kappa shape index (κ1) is 11.7. The highest BCUT2D eigenvalue weighted by molar-refractivity contribution is 7.98. The van der Waals surface area contributed by atoms with Gasteiger partial charge in [-0.2, -0.15) is 0 Å². The summed E-state index contributed by atoms with van der Waals surface area (Å²) in [6, 6.07) is 11.2. The third-order valence-electron chi connectivity index (χ3n) is 2.36. The number of benzene rings is 1. The van der Waals surface area contributed by atoms with E-state index in [9.17, 15) is 4.79 Å². The summed E-state index contributed by atoms with van der Waals surface area (Å²) in [5.74, 6) is 0.267. The second-order valence-electron chi connectivity index (χ2n) is 3.58. The Morgan fingerprint density at radius 3 is 2.71 bits per heavy atom. The molecule has 0 bridgehead atoms. The lowest BCUT2D eigenvalue weighted by Gasteiger charge is -2.10. The maximum Gasteiger partial charge on any atom is 0.256 e. The van der Waals surface area contributed by atoms with Gasteiger partial charge in [0, 0.05) is 6.07 Å². The van der Waals surface area contributed by atoms with E-state index in [2.05, 4.69) is 4.98 Å². The average Bonchev–Trinajstić information content (AvgIpc) is 2.33. The van der Waals surface area contributed by atoms with Gasteiger partial charge in [0.1, 0.15) is 5.82 Å². The molecule has 0 atom stereocenters. The van der Waals surface area contributed by atoms with Crippen molar-refractivity contribution in [3.8, 4) is 0 Å². The molecule has 17 heavy (non-hydrogen) atoms. The lowest BCUT2D eigenvalue weighted by molar-refractivity contribution is 0.649. The number of hydrogen-bond donors (Lipinski definition) is 1. The predicted octanol–water partition coefficient (Wildman–Crippen LogP) is 1.60. The fourth-order valence-corrected chi connectivity index (χ4v) is 2.14. The first-order valence-corrected chi connectivity index (χ1v) is 6.38. The molecule has 0 saturated heterocycles. The second-order valence-corrected chi connectivity index (χ2v) is 4.35. The van der Waals surface area contributed by atoms with Gasteiger partial charge < -0.3 is 5.73 Å². The van der Waals surface area contributed by atoms with E-state index in [1.165, 1.54) is 17.8 Å². The van der Waals surface area contributed by atoms with Crippen LogP contribution in [0, 0.1) is 0 Å². The number of rotatable bonds is 3. The number of nitrogens with zero attached hydrogens (tertiary/aromatic N) is 2. The molecule has 4 nitrogen and oxygen atoms in total. The van der Waals surface area contributed by atoms with Crippen molar-refractivity contribution in [2.24, 2.45) is 0 Å². The van der Waals surface area contributed by atoms with E-state index in [1.807, 2.05) is 36.6 Å². The van der Waals surface area contributed by atoms with Crippen LogP contribution >= 0.6 is 11.8 Å². The summed E-state index contributed by atoms with van der Waals surface area (Å²) in [6.07, 6.45) is 1.88. The van der Waals surface area contributed by atoms with Crippen molar-refractivity contribution in [3.63, 3.8) is 0 Å². The Balaban J connectivity index is 2.42. The molecule has 0 unspecified atom stereocenters. The van der Waals surface area contributed by atoms with Gasteiger partial charge in [0.25, 0.3) is 5.56 Å². The quantitative estimate of drug-likeness (QED) is 0.661. The van der Waals surface area contributed by atoms with Gasteiger partial charge >= 0.3 is 0 Å². The van der Waals surface area contributed by atoms with Crippen LogP contribution in [0.4, 0.5) is 5.82 Å². The van der Waals surface area contributed by atoms with Crippen molar-refractivity contribution in [1.82, 2.24) is 9.55 Å². The SMILES string of the molecule is CSc1nc(N)cc(=O)n1Cc1ccccc1. The van der Waals surface area contributed by atoms with Crippen LogP contribution in [0.1, 0.15) is 5.56 Å². The van der Waals surface area contributed by atoms with E-state index >= 15 is 0 Å². The fraction of sp³-hybridized carbons (Fsp3) is 0.167. The largest absolute Gasteiger partial charge is 0.383 e. The smallest absolute Gasteiger partial charge is 0.256 e. The van der Waals surface area contributed by atoms with Crippen molar-refractivity contribution >= 4 is 17.6 Å². The summed E-state index contributed by atoms with van der Waals surface area (Å²) in [7, 11) is 0. The lowest BCUT2D eigenvalue weighted by Crippen LogP contribution is -2.23. The van der Waals surface area contributed by atoms with Crippen molar-refractivity contribution in [2.75, 3.05) is 12.0 Å². The molecule has 0 aliphatic carbocycles. The van der Waals surface area contributed by atoms with Gasteiger partial charge in [-0.1, -0.05) is 42.1 Å². The zero-order valence-electron chi connectivity index (χ0n) is 9.46. The molecule has 0 aliphatic heterocycles. The molecule has 5 heteroatoms. The van der Waals surface area contributed by atoms with Gasteiger partial charge in [0.05, 0.1) is 6.54 Å². The summed E-state index contributed by atoms with van der Waals surface area (Å²) in [5.41, 5.74) is 6.51. The number of thioether (sulfide) groups is 1. The highest BCUT2D eigenvalue weighted by atomic mass is 32.2. The van der Waals surface area contributed by atoms with E-state index in [0.717, 1.165) is 5.56 Å².